The largest absolute Gasteiger partial charge is 0.347 e. The molecule has 0 spiro atoms. The van der Waals surface area contributed by atoms with Gasteiger partial charge in [0.15, 0.2) is 0 Å². The number of hydrogen-bond acceptors (Lipinski definition) is 3. The second kappa shape index (κ2) is 5.54. The minimum atomic E-state index is -0.618. The van der Waals surface area contributed by atoms with Crippen molar-refractivity contribution in [1.82, 2.24) is 10.8 Å². The van der Waals surface area contributed by atoms with Gasteiger partial charge in [0.1, 0.15) is 0 Å². The van der Waals surface area contributed by atoms with Crippen LogP contribution in [0.1, 0.15) is 20.3 Å². The molecule has 0 heterocycles. The van der Waals surface area contributed by atoms with Gasteiger partial charge in [-0.25, -0.2) is 5.48 Å². The van der Waals surface area contributed by atoms with E-state index in [1.165, 1.54) is 5.48 Å². The van der Waals surface area contributed by atoms with Crippen LogP contribution in [0, 0.1) is 5.92 Å². The topological polar surface area (TPSA) is 78.4 Å². The van der Waals surface area contributed by atoms with Crippen molar-refractivity contribution in [3.63, 3.8) is 0 Å². The molecule has 3 N–H and O–H groups in total. The molecule has 0 aromatic heterocycles. The SMILES string of the molecule is CC(C)CC(=O)NCC(=O)NO. The van der Waals surface area contributed by atoms with Gasteiger partial charge >= 0.3 is 0 Å². The van der Waals surface area contributed by atoms with E-state index in [2.05, 4.69) is 5.32 Å². The second-order valence-corrected chi connectivity index (χ2v) is 2.91. The van der Waals surface area contributed by atoms with Crippen molar-refractivity contribution in [2.75, 3.05) is 6.54 Å². The van der Waals surface area contributed by atoms with Gasteiger partial charge in [0.2, 0.25) is 5.91 Å². The zero-order chi connectivity index (χ0) is 9.56. The Balaban J connectivity index is 3.51. The average Bonchev–Trinajstić information content (AvgIpc) is 1.99. The fourth-order valence-electron chi connectivity index (χ4n) is 0.661. The molecule has 70 valence electrons. The Bertz CT molecular complexity index is 168. The summed E-state index contributed by atoms with van der Waals surface area (Å²) in [5.41, 5.74) is 1.42. The summed E-state index contributed by atoms with van der Waals surface area (Å²) in [6, 6.07) is 0. The van der Waals surface area contributed by atoms with Gasteiger partial charge in [-0.2, -0.15) is 0 Å². The summed E-state index contributed by atoms with van der Waals surface area (Å²) >= 11 is 0. The minimum Gasteiger partial charge on any atom is -0.347 e. The third kappa shape index (κ3) is 5.67. The van der Waals surface area contributed by atoms with Crippen LogP contribution < -0.4 is 10.8 Å². The Labute approximate surface area is 71.1 Å². The van der Waals surface area contributed by atoms with E-state index in [-0.39, 0.29) is 18.4 Å². The van der Waals surface area contributed by atoms with Gasteiger partial charge in [0, 0.05) is 6.42 Å². The normalized spacial score (nSPS) is 9.67. The van der Waals surface area contributed by atoms with Gasteiger partial charge < -0.3 is 5.32 Å². The Morgan fingerprint density at radius 1 is 1.33 bits per heavy atom. The highest BCUT2D eigenvalue weighted by Gasteiger charge is 2.05. The van der Waals surface area contributed by atoms with Crippen LogP contribution in [0.2, 0.25) is 0 Å². The molecule has 0 unspecified atom stereocenters. The fourth-order valence-corrected chi connectivity index (χ4v) is 0.661. The third-order valence-corrected chi connectivity index (χ3v) is 1.16. The number of carbonyl (C=O) groups excluding carboxylic acids is 2. The third-order valence-electron chi connectivity index (χ3n) is 1.16. The van der Waals surface area contributed by atoms with Crippen LogP contribution in [-0.4, -0.2) is 23.6 Å². The van der Waals surface area contributed by atoms with E-state index in [0.29, 0.717) is 6.42 Å². The summed E-state index contributed by atoms with van der Waals surface area (Å²) in [5, 5.41) is 10.4. The lowest BCUT2D eigenvalue weighted by Crippen LogP contribution is -2.35. The molecule has 0 aliphatic heterocycles. The van der Waals surface area contributed by atoms with Crippen LogP contribution in [0.25, 0.3) is 0 Å². The first-order valence-corrected chi connectivity index (χ1v) is 3.76. The number of rotatable bonds is 4. The van der Waals surface area contributed by atoms with Crippen molar-refractivity contribution >= 4 is 11.8 Å². The van der Waals surface area contributed by atoms with Crippen LogP contribution in [0.5, 0.6) is 0 Å². The van der Waals surface area contributed by atoms with E-state index >= 15 is 0 Å². The summed E-state index contributed by atoms with van der Waals surface area (Å²) in [6.45, 7) is 3.64. The predicted octanol–water partition coefficient (Wildman–Crippen LogP) is -0.346. The van der Waals surface area contributed by atoms with E-state index < -0.39 is 5.91 Å². The molecule has 0 fully saturated rings. The Kier molecular flexibility index (Phi) is 5.03. The highest BCUT2D eigenvalue weighted by atomic mass is 16.5. The molecular weight excluding hydrogens is 160 g/mol. The van der Waals surface area contributed by atoms with Gasteiger partial charge in [-0.3, -0.25) is 14.8 Å². The first-order chi connectivity index (χ1) is 5.56. The summed E-state index contributed by atoms with van der Waals surface area (Å²) in [6.07, 6.45) is 0.388. The molecule has 0 saturated carbocycles. The molecule has 2 amide bonds. The van der Waals surface area contributed by atoms with Crippen LogP contribution >= 0.6 is 0 Å². The lowest BCUT2D eigenvalue weighted by Gasteiger charge is -2.05. The molecule has 0 bridgehead atoms. The van der Waals surface area contributed by atoms with E-state index in [9.17, 15) is 9.59 Å². The number of hydroxylamine groups is 1. The summed E-state index contributed by atoms with van der Waals surface area (Å²) in [7, 11) is 0. The number of hydrogen-bond donors (Lipinski definition) is 3. The molecule has 12 heavy (non-hydrogen) atoms. The van der Waals surface area contributed by atoms with Crippen molar-refractivity contribution in [3.8, 4) is 0 Å². The molecule has 0 atom stereocenters. The molecule has 0 rings (SSSR count). The Hall–Kier alpha value is -1.10. The number of nitrogens with one attached hydrogen (secondary N) is 2. The smallest absolute Gasteiger partial charge is 0.262 e. The maximum atomic E-state index is 10.9. The summed E-state index contributed by atoms with van der Waals surface area (Å²) < 4.78 is 0. The van der Waals surface area contributed by atoms with Gasteiger partial charge in [-0.15, -0.1) is 0 Å². The van der Waals surface area contributed by atoms with Crippen molar-refractivity contribution in [3.05, 3.63) is 0 Å². The second-order valence-electron chi connectivity index (χ2n) is 2.91. The Morgan fingerprint density at radius 2 is 1.92 bits per heavy atom. The van der Waals surface area contributed by atoms with Gasteiger partial charge in [0.05, 0.1) is 6.54 Å². The number of amides is 2. The predicted molar refractivity (Wildman–Crippen MR) is 42.4 cm³/mol. The van der Waals surface area contributed by atoms with Crippen LogP contribution in [-0.2, 0) is 9.59 Å². The quantitative estimate of drug-likeness (QED) is 0.403. The van der Waals surface area contributed by atoms with Gasteiger partial charge in [0.25, 0.3) is 5.91 Å². The van der Waals surface area contributed by atoms with E-state index in [0.717, 1.165) is 0 Å². The minimum absolute atomic E-state index is 0.179. The monoisotopic (exact) mass is 174 g/mol. The number of carbonyl (C=O) groups is 2. The highest BCUT2D eigenvalue weighted by molar-refractivity contribution is 5.83. The molecular formula is C7H14N2O3. The molecule has 5 heteroatoms. The molecule has 0 saturated heterocycles. The van der Waals surface area contributed by atoms with Crippen LogP contribution in [0.3, 0.4) is 0 Å². The fraction of sp³-hybridized carbons (Fsp3) is 0.714. The molecule has 5 nitrogen and oxygen atoms in total. The summed E-state index contributed by atoms with van der Waals surface area (Å²) in [4.78, 5) is 21.3. The maximum Gasteiger partial charge on any atom is 0.262 e. The highest BCUT2D eigenvalue weighted by Crippen LogP contribution is 1.97. The molecule has 0 aromatic carbocycles. The van der Waals surface area contributed by atoms with E-state index in [1.54, 1.807) is 0 Å². The van der Waals surface area contributed by atoms with Crippen molar-refractivity contribution < 1.29 is 14.8 Å². The summed E-state index contributed by atoms with van der Waals surface area (Å²) in [5.74, 6) is -0.539. The maximum absolute atomic E-state index is 10.9. The lowest BCUT2D eigenvalue weighted by molar-refractivity contribution is -0.131. The molecule has 0 aromatic rings. The zero-order valence-corrected chi connectivity index (χ0v) is 7.26. The lowest BCUT2D eigenvalue weighted by atomic mass is 10.1. The van der Waals surface area contributed by atoms with Crippen molar-refractivity contribution in [1.29, 1.82) is 0 Å². The first kappa shape index (κ1) is 10.9. The average molecular weight is 174 g/mol. The van der Waals surface area contributed by atoms with Gasteiger partial charge in [-0.05, 0) is 5.92 Å². The van der Waals surface area contributed by atoms with Crippen molar-refractivity contribution in [2.45, 2.75) is 20.3 Å². The van der Waals surface area contributed by atoms with Gasteiger partial charge in [-0.1, -0.05) is 13.8 Å². The van der Waals surface area contributed by atoms with Crippen LogP contribution in [0.15, 0.2) is 0 Å². The first-order valence-electron chi connectivity index (χ1n) is 3.76. The molecule has 0 aliphatic rings. The van der Waals surface area contributed by atoms with E-state index in [4.69, 9.17) is 5.21 Å². The van der Waals surface area contributed by atoms with E-state index in [1.807, 2.05) is 13.8 Å². The van der Waals surface area contributed by atoms with Crippen LogP contribution in [0.4, 0.5) is 0 Å². The molecule has 0 aliphatic carbocycles. The zero-order valence-electron chi connectivity index (χ0n) is 7.26. The van der Waals surface area contributed by atoms with Crippen molar-refractivity contribution in [2.24, 2.45) is 5.92 Å². The standard InChI is InChI=1S/C7H14N2O3/c1-5(2)3-6(10)8-4-7(11)9-12/h5,12H,3-4H2,1-2H3,(H,8,10)(H,9,11). The Morgan fingerprint density at radius 3 is 2.33 bits per heavy atom. The molecule has 0 radical (unpaired) electrons.